The normalized spacial score (nSPS) is 23.2. The monoisotopic (exact) mass is 399 g/mol. The van der Waals surface area contributed by atoms with Crippen LogP contribution < -0.4 is 5.32 Å². The lowest BCUT2D eigenvalue weighted by Crippen LogP contribution is -2.62. The average Bonchev–Trinajstić information content (AvgIpc) is 2.35. The van der Waals surface area contributed by atoms with Gasteiger partial charge in [-0.2, -0.15) is 0 Å². The van der Waals surface area contributed by atoms with Gasteiger partial charge in [-0.1, -0.05) is 31.6 Å². The van der Waals surface area contributed by atoms with Gasteiger partial charge in [-0.15, -0.1) is 0 Å². The number of hydrogen-bond donors (Lipinski definition) is 1. The zero-order valence-corrected chi connectivity index (χ0v) is 17.9. The van der Waals surface area contributed by atoms with Crippen LogP contribution in [-0.2, 0) is 9.22 Å². The Morgan fingerprint density at radius 3 is 2.52 bits per heavy atom. The van der Waals surface area contributed by atoms with E-state index in [0.29, 0.717) is 5.75 Å². The maximum absolute atomic E-state index is 12.0. The maximum Gasteiger partial charge on any atom is 0.258 e. The summed E-state index contributed by atoms with van der Waals surface area (Å²) in [5.74, 6) is -0.0877. The second-order valence-corrected chi connectivity index (χ2v) is 15.5. The molecule has 3 atom stereocenters. The van der Waals surface area contributed by atoms with Crippen LogP contribution in [0.5, 0.6) is 0 Å². The van der Waals surface area contributed by atoms with Crippen molar-refractivity contribution in [2.75, 3.05) is 12.4 Å². The molecule has 0 saturated carbocycles. The van der Waals surface area contributed by atoms with Gasteiger partial charge in [-0.05, 0) is 47.6 Å². The molecule has 134 valence electrons. The Labute approximate surface area is 151 Å². The van der Waals surface area contributed by atoms with Crippen molar-refractivity contribution in [1.29, 1.82) is 0 Å². The van der Waals surface area contributed by atoms with Crippen LogP contribution in [0, 0.1) is 5.92 Å². The molecule has 0 aliphatic carbocycles. The van der Waals surface area contributed by atoms with E-state index in [4.69, 9.17) is 4.43 Å². The Morgan fingerprint density at radius 2 is 2.04 bits per heavy atom. The lowest BCUT2D eigenvalue weighted by molar-refractivity contribution is -0.136. The number of thioether (sulfide) groups is 1. The van der Waals surface area contributed by atoms with Crippen molar-refractivity contribution in [2.24, 2.45) is 5.92 Å². The molecule has 0 unspecified atom stereocenters. The van der Waals surface area contributed by atoms with Crippen LogP contribution >= 0.6 is 33.3 Å². The zero-order chi connectivity index (χ0) is 17.8. The molecular weight excluding hydrogens is 373 g/mol. The summed E-state index contributed by atoms with van der Waals surface area (Å²) in [6.07, 6.45) is -0.224. The van der Waals surface area contributed by atoms with Gasteiger partial charge in [-0.25, -0.2) is 0 Å². The first-order valence-electron chi connectivity index (χ1n) is 7.54. The highest BCUT2D eigenvalue weighted by Gasteiger charge is 2.48. The van der Waals surface area contributed by atoms with Crippen LogP contribution in [0.3, 0.4) is 0 Å². The van der Waals surface area contributed by atoms with Crippen molar-refractivity contribution in [3.8, 4) is 0 Å². The molecule has 1 aliphatic rings. The zero-order valence-electron chi connectivity index (χ0n) is 14.5. The van der Waals surface area contributed by atoms with Crippen LogP contribution in [-0.4, -0.2) is 42.6 Å². The lowest BCUT2D eigenvalue weighted by atomic mass is 9.96. The Bertz CT molecular complexity index is 445. The molecule has 23 heavy (non-hydrogen) atoms. The molecule has 0 radical (unpaired) electrons. The fourth-order valence-electron chi connectivity index (χ4n) is 1.89. The standard InChI is InChI=1S/C14H26FNO3S3Si/c1-9(19-23(5,6)14(2,3)4)10-11(17)16-12(10)21-13(18)22-20-8-7-15/h9-10,12H,7-8H2,1-6H3,(H,16,17)/t9-,10+,12-/m1/s1. The van der Waals surface area contributed by atoms with Crippen molar-refractivity contribution in [3.05, 3.63) is 0 Å². The van der Waals surface area contributed by atoms with Crippen molar-refractivity contribution in [3.63, 3.8) is 0 Å². The van der Waals surface area contributed by atoms with Crippen LogP contribution in [0.25, 0.3) is 0 Å². The third-order valence-corrected chi connectivity index (χ3v) is 12.4. The Morgan fingerprint density at radius 1 is 1.43 bits per heavy atom. The van der Waals surface area contributed by atoms with Gasteiger partial charge in [0, 0.05) is 5.75 Å². The highest BCUT2D eigenvalue weighted by atomic mass is 33.1. The molecule has 0 spiro atoms. The van der Waals surface area contributed by atoms with E-state index < -0.39 is 15.0 Å². The number of alkyl halides is 1. The largest absolute Gasteiger partial charge is 0.413 e. The van der Waals surface area contributed by atoms with Gasteiger partial charge in [-0.3, -0.25) is 14.0 Å². The molecule has 1 N–H and O–H groups in total. The summed E-state index contributed by atoms with van der Waals surface area (Å²) in [4.78, 5) is 23.7. The molecular formula is C14H26FNO3S3Si. The highest BCUT2D eigenvalue weighted by Crippen LogP contribution is 2.41. The summed E-state index contributed by atoms with van der Waals surface area (Å²) in [7, 11) is 0.261. The quantitative estimate of drug-likeness (QED) is 0.290. The van der Waals surface area contributed by atoms with E-state index in [1.165, 1.54) is 10.8 Å². The second-order valence-electron chi connectivity index (χ2n) is 7.00. The number of β-lactam (4-membered cyclic amide) rings is 1. The number of carbonyl (C=O) groups is 2. The van der Waals surface area contributed by atoms with Crippen molar-refractivity contribution >= 4 is 52.0 Å². The smallest absolute Gasteiger partial charge is 0.258 e. The molecule has 0 aromatic rings. The first-order chi connectivity index (χ1) is 10.5. The maximum atomic E-state index is 12.0. The molecule has 1 heterocycles. The predicted octanol–water partition coefficient (Wildman–Crippen LogP) is 4.67. The summed E-state index contributed by atoms with van der Waals surface area (Å²) in [5, 5.41) is 2.57. The first kappa shape index (κ1) is 21.3. The van der Waals surface area contributed by atoms with Gasteiger partial charge in [0.2, 0.25) is 5.91 Å². The second kappa shape index (κ2) is 8.60. The Hall–Kier alpha value is 0.297. The predicted molar refractivity (Wildman–Crippen MR) is 102 cm³/mol. The minimum absolute atomic E-state index is 0.0667. The van der Waals surface area contributed by atoms with Crippen molar-refractivity contribution < 1.29 is 18.4 Å². The van der Waals surface area contributed by atoms with Gasteiger partial charge in [0.1, 0.15) is 0 Å². The molecule has 1 amide bonds. The molecule has 0 aromatic heterocycles. The minimum atomic E-state index is -1.96. The summed E-state index contributed by atoms with van der Waals surface area (Å²) in [5.41, 5.74) is 0. The Balaban J connectivity index is 2.57. The first-order valence-corrected chi connectivity index (χ1v) is 13.6. The topological polar surface area (TPSA) is 55.4 Å². The fourth-order valence-corrected chi connectivity index (χ4v) is 6.42. The third kappa shape index (κ3) is 5.95. The molecule has 0 aromatic carbocycles. The van der Waals surface area contributed by atoms with Crippen LogP contribution in [0.2, 0.25) is 18.1 Å². The Kier molecular flexibility index (Phi) is 7.98. The summed E-state index contributed by atoms with van der Waals surface area (Å²) in [6, 6.07) is 0. The minimum Gasteiger partial charge on any atom is -0.413 e. The van der Waals surface area contributed by atoms with E-state index in [0.717, 1.165) is 22.6 Å². The van der Waals surface area contributed by atoms with Gasteiger partial charge in [0.25, 0.3) is 4.45 Å². The van der Waals surface area contributed by atoms with E-state index in [-0.39, 0.29) is 32.8 Å². The molecule has 1 rings (SSSR count). The van der Waals surface area contributed by atoms with Crippen molar-refractivity contribution in [1.82, 2.24) is 5.32 Å². The van der Waals surface area contributed by atoms with Gasteiger partial charge in [0.15, 0.2) is 8.32 Å². The van der Waals surface area contributed by atoms with Crippen molar-refractivity contribution in [2.45, 2.75) is 57.3 Å². The van der Waals surface area contributed by atoms with Crippen LogP contribution in [0.4, 0.5) is 9.18 Å². The van der Waals surface area contributed by atoms with Gasteiger partial charge in [0.05, 0.1) is 24.1 Å². The third-order valence-electron chi connectivity index (χ3n) is 4.22. The molecule has 4 nitrogen and oxygen atoms in total. The lowest BCUT2D eigenvalue weighted by Gasteiger charge is -2.44. The summed E-state index contributed by atoms with van der Waals surface area (Å²) < 4.78 is 18.2. The van der Waals surface area contributed by atoms with E-state index in [1.807, 2.05) is 6.92 Å². The average molecular weight is 400 g/mol. The van der Waals surface area contributed by atoms with Gasteiger partial charge < -0.3 is 9.74 Å². The van der Waals surface area contributed by atoms with E-state index in [2.05, 4.69) is 39.2 Å². The molecule has 1 fully saturated rings. The number of carbonyl (C=O) groups excluding carboxylic acids is 2. The molecule has 0 bridgehead atoms. The number of halogens is 1. The van der Waals surface area contributed by atoms with E-state index in [9.17, 15) is 14.0 Å². The molecule has 1 saturated heterocycles. The number of hydrogen-bond acceptors (Lipinski definition) is 6. The molecule has 9 heteroatoms. The van der Waals surface area contributed by atoms with E-state index in [1.54, 1.807) is 0 Å². The molecule has 1 aliphatic heterocycles. The number of amides is 1. The van der Waals surface area contributed by atoms with Crippen LogP contribution in [0.15, 0.2) is 0 Å². The highest BCUT2D eigenvalue weighted by molar-refractivity contribution is 8.86. The summed E-state index contributed by atoms with van der Waals surface area (Å²) >= 11 is 1.09. The number of nitrogens with one attached hydrogen (secondary N) is 1. The fraction of sp³-hybridized carbons (Fsp3) is 0.857. The SMILES string of the molecule is C[C@@H](O[Si](C)(C)C(C)(C)C)[C@H]1C(=O)N[C@@H]1SC(=O)SSCCF. The number of rotatable bonds is 7. The van der Waals surface area contributed by atoms with Gasteiger partial charge >= 0.3 is 0 Å². The van der Waals surface area contributed by atoms with E-state index >= 15 is 0 Å². The summed E-state index contributed by atoms with van der Waals surface area (Å²) in [6.45, 7) is 12.2. The van der Waals surface area contributed by atoms with Crippen LogP contribution in [0.1, 0.15) is 27.7 Å².